The normalized spacial score (nSPS) is 14.6. The van der Waals surface area contributed by atoms with Crippen molar-refractivity contribution in [3.63, 3.8) is 0 Å². The van der Waals surface area contributed by atoms with Crippen molar-refractivity contribution in [3.8, 4) is 5.75 Å². The Kier molecular flexibility index (Phi) is 6.32. The van der Waals surface area contributed by atoms with E-state index in [1.807, 2.05) is 32.0 Å². The molecule has 0 atom stereocenters. The first kappa shape index (κ1) is 21.1. The number of aromatic nitrogens is 2. The van der Waals surface area contributed by atoms with E-state index in [2.05, 4.69) is 16.1 Å². The van der Waals surface area contributed by atoms with Crippen molar-refractivity contribution in [3.05, 3.63) is 82.9 Å². The number of hydrogen-bond donors (Lipinski definition) is 0. The van der Waals surface area contributed by atoms with Gasteiger partial charge in [-0.25, -0.2) is 9.07 Å². The van der Waals surface area contributed by atoms with Crippen LogP contribution in [0, 0.1) is 19.7 Å². The summed E-state index contributed by atoms with van der Waals surface area (Å²) in [6.45, 7) is 7.45. The maximum atomic E-state index is 13.9. The van der Waals surface area contributed by atoms with Crippen molar-refractivity contribution in [2.45, 2.75) is 27.1 Å². The Morgan fingerprint density at radius 3 is 2.58 bits per heavy atom. The zero-order valence-electron chi connectivity index (χ0n) is 17.9. The molecule has 0 bridgehead atoms. The highest BCUT2D eigenvalue weighted by Gasteiger charge is 2.24. The topological polar surface area (TPSA) is 50.6 Å². The van der Waals surface area contributed by atoms with Gasteiger partial charge in [-0.3, -0.25) is 9.69 Å². The molecule has 0 unspecified atom stereocenters. The van der Waals surface area contributed by atoms with Gasteiger partial charge in [-0.15, -0.1) is 0 Å². The summed E-state index contributed by atoms with van der Waals surface area (Å²) >= 11 is 0. The lowest BCUT2D eigenvalue weighted by molar-refractivity contribution is 0.0619. The van der Waals surface area contributed by atoms with Gasteiger partial charge in [0.2, 0.25) is 0 Å². The molecule has 2 aromatic carbocycles. The standard InChI is InChI=1S/C24H27FN4O2/c1-18-7-8-23(19(2)15-18)31-17-29-10-9-22(26-29)24(30)28-13-11-27(12-14-28)16-20-5-3-4-6-21(20)25/h3-10,15H,11-14,16-17H2,1-2H3. The Balaban J connectivity index is 1.29. The third-order valence-corrected chi connectivity index (χ3v) is 5.55. The van der Waals surface area contributed by atoms with E-state index in [-0.39, 0.29) is 18.5 Å². The fourth-order valence-corrected chi connectivity index (χ4v) is 3.78. The zero-order chi connectivity index (χ0) is 21.8. The number of hydrogen-bond acceptors (Lipinski definition) is 4. The Morgan fingerprint density at radius 1 is 1.06 bits per heavy atom. The van der Waals surface area contributed by atoms with Gasteiger partial charge in [0.15, 0.2) is 12.4 Å². The van der Waals surface area contributed by atoms with Gasteiger partial charge in [-0.05, 0) is 37.6 Å². The van der Waals surface area contributed by atoms with Crippen LogP contribution < -0.4 is 4.74 Å². The van der Waals surface area contributed by atoms with Gasteiger partial charge < -0.3 is 9.64 Å². The van der Waals surface area contributed by atoms with Gasteiger partial charge in [-0.1, -0.05) is 35.9 Å². The van der Waals surface area contributed by atoms with Gasteiger partial charge in [0, 0.05) is 44.5 Å². The van der Waals surface area contributed by atoms with Gasteiger partial charge in [0.1, 0.15) is 11.6 Å². The van der Waals surface area contributed by atoms with E-state index in [1.54, 1.807) is 34.0 Å². The lowest BCUT2D eigenvalue weighted by Crippen LogP contribution is -2.48. The van der Waals surface area contributed by atoms with Crippen LogP contribution >= 0.6 is 0 Å². The molecule has 1 aliphatic rings. The fraction of sp³-hybridized carbons (Fsp3) is 0.333. The van der Waals surface area contributed by atoms with Gasteiger partial charge >= 0.3 is 0 Å². The minimum absolute atomic E-state index is 0.0872. The van der Waals surface area contributed by atoms with Crippen LogP contribution in [0.1, 0.15) is 27.2 Å². The zero-order valence-corrected chi connectivity index (χ0v) is 17.9. The third-order valence-electron chi connectivity index (χ3n) is 5.55. The van der Waals surface area contributed by atoms with Crippen molar-refractivity contribution in [1.29, 1.82) is 0 Å². The van der Waals surface area contributed by atoms with E-state index in [1.165, 1.54) is 11.6 Å². The van der Waals surface area contributed by atoms with Gasteiger partial charge in [-0.2, -0.15) is 5.10 Å². The molecule has 2 heterocycles. The molecule has 3 aromatic rings. The Labute approximate surface area is 181 Å². The number of benzene rings is 2. The molecule has 0 radical (unpaired) electrons. The summed E-state index contributed by atoms with van der Waals surface area (Å²) in [5.74, 6) is 0.533. The van der Waals surface area contributed by atoms with Crippen LogP contribution in [0.15, 0.2) is 54.7 Å². The maximum Gasteiger partial charge on any atom is 0.274 e. The minimum atomic E-state index is -0.186. The smallest absolute Gasteiger partial charge is 0.274 e. The molecule has 6 nitrogen and oxygen atoms in total. The molecule has 4 rings (SSSR count). The number of aryl methyl sites for hydroxylation is 2. The average Bonchev–Trinajstić information content (AvgIpc) is 3.24. The first-order valence-electron chi connectivity index (χ1n) is 10.5. The second kappa shape index (κ2) is 9.31. The van der Waals surface area contributed by atoms with Crippen LogP contribution in [-0.4, -0.2) is 51.7 Å². The molecule has 31 heavy (non-hydrogen) atoms. The molecule has 1 saturated heterocycles. The van der Waals surface area contributed by atoms with Crippen LogP contribution in [0.3, 0.4) is 0 Å². The Hall–Kier alpha value is -3.19. The lowest BCUT2D eigenvalue weighted by atomic mass is 10.1. The van der Waals surface area contributed by atoms with Crippen molar-refractivity contribution in [1.82, 2.24) is 19.6 Å². The summed E-state index contributed by atoms with van der Waals surface area (Å²) in [7, 11) is 0. The van der Waals surface area contributed by atoms with E-state index in [0.717, 1.165) is 11.3 Å². The molecular formula is C24H27FN4O2. The van der Waals surface area contributed by atoms with E-state index >= 15 is 0 Å². The van der Waals surface area contributed by atoms with Crippen LogP contribution in [0.5, 0.6) is 5.75 Å². The molecule has 162 valence electrons. The summed E-state index contributed by atoms with van der Waals surface area (Å²) in [5.41, 5.74) is 3.35. The summed E-state index contributed by atoms with van der Waals surface area (Å²) < 4.78 is 21.3. The minimum Gasteiger partial charge on any atom is -0.471 e. The second-order valence-electron chi connectivity index (χ2n) is 7.94. The number of piperazine rings is 1. The number of halogens is 1. The molecule has 0 saturated carbocycles. The van der Waals surface area contributed by atoms with Gasteiger partial charge in [0.25, 0.3) is 5.91 Å². The molecule has 0 N–H and O–H groups in total. The highest BCUT2D eigenvalue weighted by molar-refractivity contribution is 5.92. The van der Waals surface area contributed by atoms with E-state index in [9.17, 15) is 9.18 Å². The Bertz CT molecular complexity index is 1060. The average molecular weight is 423 g/mol. The Morgan fingerprint density at radius 2 is 1.84 bits per heavy atom. The molecular weight excluding hydrogens is 395 g/mol. The monoisotopic (exact) mass is 422 g/mol. The van der Waals surface area contributed by atoms with Crippen LogP contribution in [-0.2, 0) is 13.3 Å². The SMILES string of the molecule is Cc1ccc(OCn2ccc(C(=O)N3CCN(Cc4ccccc4F)CC3)n2)c(C)c1. The van der Waals surface area contributed by atoms with Crippen molar-refractivity contribution < 1.29 is 13.9 Å². The highest BCUT2D eigenvalue weighted by Crippen LogP contribution is 2.19. The predicted molar refractivity (Wildman–Crippen MR) is 116 cm³/mol. The number of nitrogens with zero attached hydrogens (tertiary/aromatic N) is 4. The number of rotatable bonds is 6. The van der Waals surface area contributed by atoms with E-state index in [4.69, 9.17) is 4.74 Å². The van der Waals surface area contributed by atoms with Crippen molar-refractivity contribution >= 4 is 5.91 Å². The maximum absolute atomic E-state index is 13.9. The fourth-order valence-electron chi connectivity index (χ4n) is 3.78. The molecule has 1 aromatic heterocycles. The summed E-state index contributed by atoms with van der Waals surface area (Å²) in [5, 5.41) is 4.38. The van der Waals surface area contributed by atoms with Crippen LogP contribution in [0.4, 0.5) is 4.39 Å². The summed E-state index contributed by atoms with van der Waals surface area (Å²) in [6, 6.07) is 14.6. The number of ether oxygens (including phenoxy) is 1. The third kappa shape index (κ3) is 5.11. The lowest BCUT2D eigenvalue weighted by Gasteiger charge is -2.34. The number of carbonyl (C=O) groups is 1. The first-order chi connectivity index (χ1) is 15.0. The molecule has 1 amide bonds. The highest BCUT2D eigenvalue weighted by atomic mass is 19.1. The van der Waals surface area contributed by atoms with Gasteiger partial charge in [0.05, 0.1) is 0 Å². The van der Waals surface area contributed by atoms with Crippen LogP contribution in [0.25, 0.3) is 0 Å². The van der Waals surface area contributed by atoms with E-state index < -0.39 is 0 Å². The largest absolute Gasteiger partial charge is 0.471 e. The van der Waals surface area contributed by atoms with Crippen molar-refractivity contribution in [2.24, 2.45) is 0 Å². The summed E-state index contributed by atoms with van der Waals surface area (Å²) in [6.07, 6.45) is 1.76. The van der Waals surface area contributed by atoms with E-state index in [0.29, 0.717) is 44.0 Å². The molecule has 1 aliphatic heterocycles. The molecule has 7 heteroatoms. The number of amides is 1. The van der Waals surface area contributed by atoms with Crippen molar-refractivity contribution in [2.75, 3.05) is 26.2 Å². The van der Waals surface area contributed by atoms with Crippen LogP contribution in [0.2, 0.25) is 0 Å². The quantitative estimate of drug-likeness (QED) is 0.609. The number of carbonyl (C=O) groups excluding carboxylic acids is 1. The molecule has 0 spiro atoms. The predicted octanol–water partition coefficient (Wildman–Crippen LogP) is 3.63. The summed E-state index contributed by atoms with van der Waals surface area (Å²) in [4.78, 5) is 16.8. The molecule has 1 fully saturated rings. The molecule has 0 aliphatic carbocycles. The first-order valence-corrected chi connectivity index (χ1v) is 10.5. The second-order valence-corrected chi connectivity index (χ2v) is 7.94.